The van der Waals surface area contributed by atoms with E-state index in [0.717, 1.165) is 33.9 Å². The summed E-state index contributed by atoms with van der Waals surface area (Å²) in [4.78, 5) is 0. The van der Waals surface area contributed by atoms with E-state index in [-0.39, 0.29) is 26.4 Å². The molecule has 1 heterocycles. The van der Waals surface area contributed by atoms with E-state index in [4.69, 9.17) is 37.9 Å². The first kappa shape index (κ1) is 29.8. The minimum Gasteiger partial charge on any atom is -0.497 e. The summed E-state index contributed by atoms with van der Waals surface area (Å²) in [7, 11) is 6.42. The number of rotatable bonds is 14. The highest BCUT2D eigenvalue weighted by Gasteiger charge is 2.48. The molecule has 0 bridgehead atoms. The van der Waals surface area contributed by atoms with Crippen molar-refractivity contribution in [3.63, 3.8) is 0 Å². The molecule has 5 atom stereocenters. The molecule has 0 radical (unpaired) electrons. The molecule has 4 rings (SSSR count). The minimum atomic E-state index is -0.780. The van der Waals surface area contributed by atoms with Crippen molar-refractivity contribution >= 4 is 0 Å². The van der Waals surface area contributed by atoms with Gasteiger partial charge in [0.05, 0.1) is 47.8 Å². The fourth-order valence-electron chi connectivity index (χ4n) is 4.53. The maximum absolute atomic E-state index is 10.2. The third kappa shape index (κ3) is 7.72. The molecule has 3 aromatic rings. The SMILES string of the molecule is COc1ccc(COC2C(CO)OC(OC)C(OCc3ccc(OC)cc3)C2OCc2ccc(OC)cc2)cc1. The van der Waals surface area contributed by atoms with Crippen molar-refractivity contribution in [2.24, 2.45) is 0 Å². The topological polar surface area (TPSA) is 94.1 Å². The monoisotopic (exact) mass is 554 g/mol. The first-order valence-electron chi connectivity index (χ1n) is 13.1. The number of ether oxygens (including phenoxy) is 8. The van der Waals surface area contributed by atoms with Crippen LogP contribution in [0, 0.1) is 0 Å². The van der Waals surface area contributed by atoms with Crippen LogP contribution in [0.3, 0.4) is 0 Å². The summed E-state index contributed by atoms with van der Waals surface area (Å²) < 4.78 is 46.8. The predicted molar refractivity (Wildman–Crippen MR) is 147 cm³/mol. The van der Waals surface area contributed by atoms with Crippen molar-refractivity contribution in [1.29, 1.82) is 0 Å². The molecule has 0 aliphatic carbocycles. The molecule has 1 saturated heterocycles. The Bertz CT molecular complexity index is 1070. The van der Waals surface area contributed by atoms with Crippen LogP contribution in [-0.2, 0) is 43.5 Å². The normalized spacial score (nSPS) is 22.6. The van der Waals surface area contributed by atoms with E-state index < -0.39 is 30.7 Å². The van der Waals surface area contributed by atoms with Crippen LogP contribution in [-0.4, -0.2) is 70.9 Å². The first-order valence-corrected chi connectivity index (χ1v) is 13.1. The van der Waals surface area contributed by atoms with Crippen LogP contribution in [0.2, 0.25) is 0 Å². The van der Waals surface area contributed by atoms with Gasteiger partial charge in [-0.2, -0.15) is 0 Å². The molecule has 9 nitrogen and oxygen atoms in total. The van der Waals surface area contributed by atoms with Crippen molar-refractivity contribution in [2.45, 2.75) is 50.5 Å². The van der Waals surface area contributed by atoms with Gasteiger partial charge in [0, 0.05) is 7.11 Å². The molecule has 40 heavy (non-hydrogen) atoms. The predicted octanol–water partition coefficient (Wildman–Crippen LogP) is 4.13. The molecular weight excluding hydrogens is 516 g/mol. The van der Waals surface area contributed by atoms with Gasteiger partial charge in [-0.25, -0.2) is 0 Å². The Kier molecular flexibility index (Phi) is 11.2. The maximum atomic E-state index is 10.2. The Labute approximate surface area is 235 Å². The van der Waals surface area contributed by atoms with Crippen LogP contribution >= 0.6 is 0 Å². The molecule has 0 aromatic heterocycles. The lowest BCUT2D eigenvalue weighted by Crippen LogP contribution is -2.61. The van der Waals surface area contributed by atoms with E-state index in [1.165, 1.54) is 0 Å². The highest BCUT2D eigenvalue weighted by Crippen LogP contribution is 2.31. The average Bonchev–Trinajstić information content (AvgIpc) is 3.02. The minimum absolute atomic E-state index is 0.277. The molecule has 1 fully saturated rings. The van der Waals surface area contributed by atoms with E-state index in [1.54, 1.807) is 28.4 Å². The summed E-state index contributed by atoms with van der Waals surface area (Å²) in [6.07, 6.45) is -3.37. The van der Waals surface area contributed by atoms with E-state index in [2.05, 4.69) is 0 Å². The van der Waals surface area contributed by atoms with Crippen molar-refractivity contribution in [3.05, 3.63) is 89.5 Å². The Hall–Kier alpha value is -3.18. The van der Waals surface area contributed by atoms with Gasteiger partial charge in [0.15, 0.2) is 6.29 Å². The van der Waals surface area contributed by atoms with Crippen LogP contribution in [0.1, 0.15) is 16.7 Å². The van der Waals surface area contributed by atoms with E-state index in [0.29, 0.717) is 0 Å². The van der Waals surface area contributed by atoms with Crippen LogP contribution in [0.15, 0.2) is 72.8 Å². The van der Waals surface area contributed by atoms with Gasteiger partial charge in [-0.3, -0.25) is 0 Å². The van der Waals surface area contributed by atoms with E-state index >= 15 is 0 Å². The third-order valence-electron chi connectivity index (χ3n) is 6.81. The fourth-order valence-corrected chi connectivity index (χ4v) is 4.53. The average molecular weight is 555 g/mol. The summed E-state index contributed by atoms with van der Waals surface area (Å²) in [6, 6.07) is 22.9. The second-order valence-corrected chi connectivity index (χ2v) is 9.33. The van der Waals surface area contributed by atoms with Crippen molar-refractivity contribution in [2.75, 3.05) is 35.0 Å². The second-order valence-electron chi connectivity index (χ2n) is 9.33. The summed E-state index contributed by atoms with van der Waals surface area (Å²) in [6.45, 7) is 0.573. The van der Waals surface area contributed by atoms with Gasteiger partial charge >= 0.3 is 0 Å². The number of benzene rings is 3. The van der Waals surface area contributed by atoms with Gasteiger partial charge in [-0.1, -0.05) is 36.4 Å². The summed E-state index contributed by atoms with van der Waals surface area (Å²) in [5.74, 6) is 2.28. The Morgan fingerprint density at radius 3 is 1.27 bits per heavy atom. The third-order valence-corrected chi connectivity index (χ3v) is 6.81. The van der Waals surface area contributed by atoms with Gasteiger partial charge in [-0.15, -0.1) is 0 Å². The molecule has 3 aromatic carbocycles. The molecule has 1 aliphatic rings. The molecule has 0 saturated carbocycles. The Morgan fingerprint density at radius 2 is 0.925 bits per heavy atom. The fraction of sp³-hybridized carbons (Fsp3) is 0.419. The quantitative estimate of drug-likeness (QED) is 0.316. The lowest BCUT2D eigenvalue weighted by Gasteiger charge is -2.45. The lowest BCUT2D eigenvalue weighted by molar-refractivity contribution is -0.321. The molecule has 1 N–H and O–H groups in total. The van der Waals surface area contributed by atoms with Gasteiger partial charge in [0.2, 0.25) is 0 Å². The van der Waals surface area contributed by atoms with Gasteiger partial charge < -0.3 is 43.0 Å². The van der Waals surface area contributed by atoms with Crippen LogP contribution in [0.4, 0.5) is 0 Å². The number of methoxy groups -OCH3 is 4. The molecule has 0 amide bonds. The Balaban J connectivity index is 1.56. The lowest BCUT2D eigenvalue weighted by atomic mass is 9.98. The largest absolute Gasteiger partial charge is 0.497 e. The van der Waals surface area contributed by atoms with Crippen LogP contribution in [0.5, 0.6) is 17.2 Å². The number of aliphatic hydroxyl groups is 1. The zero-order valence-electron chi connectivity index (χ0n) is 23.4. The van der Waals surface area contributed by atoms with Gasteiger partial charge in [0.25, 0.3) is 0 Å². The summed E-state index contributed by atoms with van der Waals surface area (Å²) in [5, 5.41) is 10.2. The molecule has 9 heteroatoms. The highest BCUT2D eigenvalue weighted by atomic mass is 16.7. The first-order chi connectivity index (χ1) is 19.6. The maximum Gasteiger partial charge on any atom is 0.186 e. The second kappa shape index (κ2) is 15.0. The van der Waals surface area contributed by atoms with Gasteiger partial charge in [0.1, 0.15) is 41.7 Å². The summed E-state index contributed by atoms with van der Waals surface area (Å²) >= 11 is 0. The van der Waals surface area contributed by atoms with Crippen molar-refractivity contribution in [3.8, 4) is 17.2 Å². The smallest absolute Gasteiger partial charge is 0.186 e. The van der Waals surface area contributed by atoms with Crippen molar-refractivity contribution in [1.82, 2.24) is 0 Å². The number of hydrogen-bond donors (Lipinski definition) is 1. The van der Waals surface area contributed by atoms with Gasteiger partial charge in [-0.05, 0) is 53.1 Å². The zero-order valence-corrected chi connectivity index (χ0v) is 23.4. The molecule has 5 unspecified atom stereocenters. The number of aliphatic hydroxyl groups excluding tert-OH is 1. The van der Waals surface area contributed by atoms with E-state index in [9.17, 15) is 5.11 Å². The molecule has 0 spiro atoms. The van der Waals surface area contributed by atoms with E-state index in [1.807, 2.05) is 72.8 Å². The van der Waals surface area contributed by atoms with Crippen LogP contribution < -0.4 is 14.2 Å². The van der Waals surface area contributed by atoms with Crippen molar-refractivity contribution < 1.29 is 43.0 Å². The zero-order chi connectivity index (χ0) is 28.3. The number of hydrogen-bond acceptors (Lipinski definition) is 9. The molecular formula is C31H38O9. The van der Waals surface area contributed by atoms with Crippen LogP contribution in [0.25, 0.3) is 0 Å². The molecule has 216 valence electrons. The molecule has 1 aliphatic heterocycles. The Morgan fingerprint density at radius 1 is 0.550 bits per heavy atom. The standard InChI is InChI=1S/C31H38O9/c1-33-24-11-5-21(6-12-24)18-37-28-27(17-32)40-31(36-4)30(39-20-23-9-15-26(35-3)16-10-23)29(28)38-19-22-7-13-25(34-2)14-8-22/h5-16,27-32H,17-20H2,1-4H3. The highest BCUT2D eigenvalue weighted by molar-refractivity contribution is 5.28. The summed E-state index contributed by atoms with van der Waals surface area (Å²) in [5.41, 5.74) is 2.84.